The molecule has 0 radical (unpaired) electrons. The van der Waals surface area contributed by atoms with E-state index in [4.69, 9.17) is 21.4 Å². The van der Waals surface area contributed by atoms with Gasteiger partial charge in [0.1, 0.15) is 29.1 Å². The van der Waals surface area contributed by atoms with Crippen LogP contribution in [0.15, 0.2) is 83.4 Å². The summed E-state index contributed by atoms with van der Waals surface area (Å²) < 4.78 is 11.7. The Morgan fingerprint density at radius 2 is 1.94 bits per heavy atom. The number of nitrogens with one attached hydrogen (secondary N) is 1. The van der Waals surface area contributed by atoms with Crippen molar-refractivity contribution in [2.45, 2.75) is 12.1 Å². The Kier molecular flexibility index (Phi) is 5.79. The lowest BCUT2D eigenvalue weighted by atomic mass is 10.0. The van der Waals surface area contributed by atoms with Gasteiger partial charge < -0.3 is 24.5 Å². The molecule has 4 aromatic rings. The number of ether oxygens (including phenoxy) is 1. The average molecular weight is 489 g/mol. The minimum Gasteiger partial charge on any atom is -0.508 e. The van der Waals surface area contributed by atoms with Gasteiger partial charge in [-0.15, -0.1) is 0 Å². The summed E-state index contributed by atoms with van der Waals surface area (Å²) in [6.07, 6.45) is 1.72. The number of thiocarbonyl (C=S) groups is 1. The normalized spacial score (nSPS) is 17.3. The summed E-state index contributed by atoms with van der Waals surface area (Å²) in [5, 5.41) is 24.8. The molecule has 2 aromatic carbocycles. The second-order valence-corrected chi connectivity index (χ2v) is 8.24. The largest absolute Gasteiger partial charge is 0.508 e. The highest BCUT2D eigenvalue weighted by Crippen LogP contribution is 2.44. The van der Waals surface area contributed by atoms with Gasteiger partial charge in [-0.2, -0.15) is 0 Å². The monoisotopic (exact) mass is 488 g/mol. The van der Waals surface area contributed by atoms with Gasteiger partial charge in [-0.3, -0.25) is 15.1 Å². The number of anilines is 1. The van der Waals surface area contributed by atoms with Crippen LogP contribution in [0.25, 0.3) is 11.3 Å². The quantitative estimate of drug-likeness (QED) is 0.216. The summed E-state index contributed by atoms with van der Waals surface area (Å²) >= 11 is 5.69. The Morgan fingerprint density at radius 1 is 1.14 bits per heavy atom. The van der Waals surface area contributed by atoms with Crippen LogP contribution in [0.3, 0.4) is 0 Å². The fourth-order valence-corrected chi connectivity index (χ4v) is 4.53. The highest BCUT2D eigenvalue weighted by Gasteiger charge is 2.42. The van der Waals surface area contributed by atoms with Crippen LogP contribution in [0.1, 0.15) is 23.5 Å². The number of rotatable bonds is 6. The van der Waals surface area contributed by atoms with Gasteiger partial charge in [0.2, 0.25) is 0 Å². The van der Waals surface area contributed by atoms with E-state index in [9.17, 15) is 15.2 Å². The fourth-order valence-electron chi connectivity index (χ4n) is 4.19. The molecule has 2 atom stereocenters. The number of furan rings is 1. The van der Waals surface area contributed by atoms with E-state index in [1.807, 2.05) is 29.2 Å². The van der Waals surface area contributed by atoms with Crippen LogP contribution in [-0.4, -0.2) is 27.2 Å². The zero-order valence-corrected chi connectivity index (χ0v) is 19.3. The Balaban J connectivity index is 1.59. The summed E-state index contributed by atoms with van der Waals surface area (Å²) in [4.78, 5) is 17.1. The summed E-state index contributed by atoms with van der Waals surface area (Å²) in [5.74, 6) is 1.58. The van der Waals surface area contributed by atoms with E-state index in [-0.39, 0.29) is 23.5 Å². The number of aromatic hydroxyl groups is 1. The molecule has 3 heterocycles. The first-order valence-corrected chi connectivity index (χ1v) is 11.1. The molecule has 1 saturated heterocycles. The number of methoxy groups -OCH3 is 1. The van der Waals surface area contributed by atoms with Crippen LogP contribution in [0.2, 0.25) is 0 Å². The maximum atomic E-state index is 11.2. The zero-order chi connectivity index (χ0) is 24.5. The Morgan fingerprint density at radius 3 is 2.63 bits per heavy atom. The summed E-state index contributed by atoms with van der Waals surface area (Å²) in [6, 6.07) is 19.7. The van der Waals surface area contributed by atoms with Crippen molar-refractivity contribution in [3.63, 3.8) is 0 Å². The fraction of sp³-hybridized carbons (Fsp3) is 0.120. The molecule has 9 nitrogen and oxygen atoms in total. The van der Waals surface area contributed by atoms with Crippen molar-refractivity contribution < 1.29 is 19.2 Å². The second kappa shape index (κ2) is 9.07. The van der Waals surface area contributed by atoms with Gasteiger partial charge in [-0.25, -0.2) is 0 Å². The van der Waals surface area contributed by atoms with Crippen molar-refractivity contribution in [2.24, 2.45) is 0 Å². The van der Waals surface area contributed by atoms with Crippen molar-refractivity contribution in [1.82, 2.24) is 10.3 Å². The number of phenolic OH excluding ortho intramolecular Hbond substituents is 1. The smallest absolute Gasteiger partial charge is 0.273 e. The molecule has 0 spiro atoms. The number of nitro groups is 1. The number of hydrogen-bond donors (Lipinski definition) is 2. The second-order valence-electron chi connectivity index (χ2n) is 7.86. The molecule has 5 rings (SSSR count). The van der Waals surface area contributed by atoms with E-state index < -0.39 is 4.92 Å². The molecule has 0 unspecified atom stereocenters. The molecule has 2 N–H and O–H groups in total. The van der Waals surface area contributed by atoms with Gasteiger partial charge in [0.15, 0.2) is 5.11 Å². The third-order valence-corrected chi connectivity index (χ3v) is 6.12. The molecular formula is C25H20N4O5S. The number of aromatic nitrogens is 1. The first-order valence-electron chi connectivity index (χ1n) is 10.7. The lowest BCUT2D eigenvalue weighted by molar-refractivity contribution is -0.384. The number of benzene rings is 2. The van der Waals surface area contributed by atoms with Gasteiger partial charge in [-0.1, -0.05) is 6.07 Å². The van der Waals surface area contributed by atoms with Crippen molar-refractivity contribution >= 4 is 28.7 Å². The highest BCUT2D eigenvalue weighted by molar-refractivity contribution is 7.80. The lowest BCUT2D eigenvalue weighted by Crippen LogP contribution is -2.29. The van der Waals surface area contributed by atoms with Gasteiger partial charge in [0, 0.05) is 18.0 Å². The van der Waals surface area contributed by atoms with Crippen LogP contribution in [0.4, 0.5) is 11.4 Å². The van der Waals surface area contributed by atoms with Crippen molar-refractivity contribution in [1.29, 1.82) is 0 Å². The minimum absolute atomic E-state index is 0.0727. The SMILES string of the molecule is COc1cc([N+](=O)[O-])ccc1-c1ccc([C@@H]2[C@H](c3ccccn3)NC(=S)N2c2ccc(O)cc2)o1. The number of nitrogens with zero attached hydrogens (tertiary/aromatic N) is 3. The highest BCUT2D eigenvalue weighted by atomic mass is 32.1. The molecule has 176 valence electrons. The molecule has 0 aliphatic carbocycles. The Labute approximate surface area is 205 Å². The van der Waals surface area contributed by atoms with E-state index in [1.165, 1.54) is 19.2 Å². The number of phenols is 1. The van der Waals surface area contributed by atoms with Crippen LogP contribution in [0, 0.1) is 10.1 Å². The van der Waals surface area contributed by atoms with Crippen LogP contribution in [0.5, 0.6) is 11.5 Å². The van der Waals surface area contributed by atoms with Gasteiger partial charge in [0.25, 0.3) is 5.69 Å². The molecule has 1 aliphatic heterocycles. The maximum absolute atomic E-state index is 11.2. The number of hydrogen-bond acceptors (Lipinski definition) is 7. The average Bonchev–Trinajstić information content (AvgIpc) is 3.49. The molecule has 0 saturated carbocycles. The number of nitro benzene ring substituents is 1. The third kappa shape index (κ3) is 4.15. The zero-order valence-electron chi connectivity index (χ0n) is 18.5. The predicted octanol–water partition coefficient (Wildman–Crippen LogP) is 5.14. The van der Waals surface area contributed by atoms with E-state index in [0.717, 1.165) is 11.4 Å². The molecule has 1 fully saturated rings. The number of non-ortho nitro benzene ring substituents is 1. The molecule has 1 aliphatic rings. The topological polar surface area (TPSA) is 114 Å². The third-order valence-electron chi connectivity index (χ3n) is 5.81. The first-order chi connectivity index (χ1) is 17.0. The molecule has 10 heteroatoms. The van der Waals surface area contributed by atoms with Crippen molar-refractivity contribution in [2.75, 3.05) is 12.0 Å². The first kappa shape index (κ1) is 22.4. The molecular weight excluding hydrogens is 468 g/mol. The van der Waals surface area contributed by atoms with Gasteiger partial charge in [0.05, 0.1) is 35.4 Å². The summed E-state index contributed by atoms with van der Waals surface area (Å²) in [5.41, 5.74) is 2.07. The van der Waals surface area contributed by atoms with Gasteiger partial charge in [-0.05, 0) is 66.8 Å². The van der Waals surface area contributed by atoms with E-state index >= 15 is 0 Å². The standard InChI is InChI=1S/C25H20N4O5S/c1-33-22-14-16(29(31)32)7-10-18(22)20-11-12-21(34-20)24-23(19-4-2-3-13-26-19)27-25(35)28(24)15-5-8-17(30)9-6-15/h2-14,23-24,30H,1H3,(H,27,35)/t23-,24+/m0/s1. The Hall–Kier alpha value is -4.44. The predicted molar refractivity (Wildman–Crippen MR) is 133 cm³/mol. The molecule has 2 aromatic heterocycles. The van der Waals surface area contributed by atoms with Crippen LogP contribution < -0.4 is 15.0 Å². The van der Waals surface area contributed by atoms with E-state index in [0.29, 0.717) is 27.9 Å². The van der Waals surface area contributed by atoms with Crippen LogP contribution >= 0.6 is 12.2 Å². The van der Waals surface area contributed by atoms with Crippen molar-refractivity contribution in [3.05, 3.63) is 101 Å². The summed E-state index contributed by atoms with van der Waals surface area (Å²) in [6.45, 7) is 0. The van der Waals surface area contributed by atoms with Crippen LogP contribution in [-0.2, 0) is 0 Å². The minimum atomic E-state index is -0.474. The summed E-state index contributed by atoms with van der Waals surface area (Å²) in [7, 11) is 1.45. The molecule has 35 heavy (non-hydrogen) atoms. The molecule has 0 amide bonds. The Bertz CT molecular complexity index is 1390. The van der Waals surface area contributed by atoms with Gasteiger partial charge >= 0.3 is 0 Å². The van der Waals surface area contributed by atoms with Crippen molar-refractivity contribution in [3.8, 4) is 22.8 Å². The van der Waals surface area contributed by atoms with E-state index in [2.05, 4.69) is 10.3 Å². The molecule has 0 bridgehead atoms. The van der Waals surface area contributed by atoms with E-state index in [1.54, 1.807) is 42.6 Å². The maximum Gasteiger partial charge on any atom is 0.273 e. The lowest BCUT2D eigenvalue weighted by Gasteiger charge is -2.26. The number of pyridine rings is 1.